The summed E-state index contributed by atoms with van der Waals surface area (Å²) in [6.45, 7) is 2.41. The Balaban J connectivity index is 3.45. The molecule has 0 saturated carbocycles. The van der Waals surface area contributed by atoms with E-state index in [1.165, 1.54) is 0 Å². The van der Waals surface area contributed by atoms with Crippen LogP contribution in [0.2, 0.25) is 0 Å². The number of hydrogen-bond donors (Lipinski definition) is 2. The van der Waals surface area contributed by atoms with Crippen LogP contribution in [0, 0.1) is 5.92 Å². The predicted molar refractivity (Wildman–Crippen MR) is 55.5 cm³/mol. The van der Waals surface area contributed by atoms with Gasteiger partial charge < -0.3 is 15.2 Å². The van der Waals surface area contributed by atoms with Crippen LogP contribution in [0.4, 0.5) is 0 Å². The van der Waals surface area contributed by atoms with E-state index in [0.29, 0.717) is 13.0 Å². The van der Waals surface area contributed by atoms with Gasteiger partial charge in [-0.15, -0.1) is 0 Å². The topological polar surface area (TPSA) is 75.6 Å². The van der Waals surface area contributed by atoms with Crippen LogP contribution in [0.3, 0.4) is 0 Å². The maximum Gasteiger partial charge on any atom is 0.308 e. The number of carboxylic acids is 1. The van der Waals surface area contributed by atoms with E-state index < -0.39 is 11.9 Å². The van der Waals surface area contributed by atoms with Crippen molar-refractivity contribution in [3.05, 3.63) is 0 Å². The van der Waals surface area contributed by atoms with Gasteiger partial charge in [0.25, 0.3) is 0 Å². The van der Waals surface area contributed by atoms with Gasteiger partial charge in [-0.2, -0.15) is 0 Å². The number of ether oxygens (including phenoxy) is 1. The molecule has 0 spiro atoms. The molecule has 0 heterocycles. The van der Waals surface area contributed by atoms with E-state index in [0.717, 1.165) is 12.8 Å². The first-order valence-corrected chi connectivity index (χ1v) is 5.06. The summed E-state index contributed by atoms with van der Waals surface area (Å²) >= 11 is 0. The monoisotopic (exact) mass is 217 g/mol. The SMILES string of the molecule is COCCCCC(=O)NCC(C)C(=O)O. The van der Waals surface area contributed by atoms with Gasteiger partial charge in [-0.05, 0) is 12.8 Å². The van der Waals surface area contributed by atoms with E-state index in [4.69, 9.17) is 9.84 Å². The molecule has 0 aromatic heterocycles. The molecule has 1 unspecified atom stereocenters. The minimum atomic E-state index is -0.894. The second-order valence-electron chi connectivity index (χ2n) is 3.49. The van der Waals surface area contributed by atoms with Crippen LogP contribution in [0.1, 0.15) is 26.2 Å². The van der Waals surface area contributed by atoms with E-state index in [2.05, 4.69) is 5.32 Å². The average Bonchev–Trinajstić information content (AvgIpc) is 2.20. The van der Waals surface area contributed by atoms with Gasteiger partial charge in [0.1, 0.15) is 0 Å². The Morgan fingerprint density at radius 2 is 2.07 bits per heavy atom. The Labute approximate surface area is 89.8 Å². The van der Waals surface area contributed by atoms with Crippen molar-refractivity contribution in [1.82, 2.24) is 5.32 Å². The fraction of sp³-hybridized carbons (Fsp3) is 0.800. The Hall–Kier alpha value is -1.10. The third-order valence-corrected chi connectivity index (χ3v) is 2.03. The van der Waals surface area contributed by atoms with Crippen molar-refractivity contribution >= 4 is 11.9 Å². The molecule has 0 saturated heterocycles. The highest BCUT2D eigenvalue weighted by Crippen LogP contribution is 1.97. The predicted octanol–water partition coefficient (Wildman–Crippen LogP) is 0.640. The molecule has 5 nitrogen and oxygen atoms in total. The molecule has 0 aliphatic carbocycles. The molecule has 15 heavy (non-hydrogen) atoms. The lowest BCUT2D eigenvalue weighted by Gasteiger charge is -2.07. The van der Waals surface area contributed by atoms with Crippen LogP contribution in [0.5, 0.6) is 0 Å². The molecule has 0 aliphatic heterocycles. The van der Waals surface area contributed by atoms with Gasteiger partial charge in [0.2, 0.25) is 5.91 Å². The van der Waals surface area contributed by atoms with Crippen molar-refractivity contribution in [2.24, 2.45) is 5.92 Å². The number of hydrogen-bond acceptors (Lipinski definition) is 3. The first-order chi connectivity index (χ1) is 7.07. The molecule has 1 atom stereocenters. The summed E-state index contributed by atoms with van der Waals surface area (Å²) in [6, 6.07) is 0. The highest BCUT2D eigenvalue weighted by atomic mass is 16.5. The molecule has 1 amide bonds. The summed E-state index contributed by atoms with van der Waals surface area (Å²) < 4.78 is 4.84. The molecular formula is C10H19NO4. The maximum absolute atomic E-state index is 11.2. The summed E-state index contributed by atoms with van der Waals surface area (Å²) in [4.78, 5) is 21.6. The van der Waals surface area contributed by atoms with Crippen molar-refractivity contribution in [3.8, 4) is 0 Å². The molecular weight excluding hydrogens is 198 g/mol. The van der Waals surface area contributed by atoms with Crippen LogP contribution in [0.25, 0.3) is 0 Å². The van der Waals surface area contributed by atoms with Gasteiger partial charge in [-0.25, -0.2) is 0 Å². The molecule has 5 heteroatoms. The first-order valence-electron chi connectivity index (χ1n) is 5.06. The number of unbranched alkanes of at least 4 members (excludes halogenated alkanes) is 1. The largest absolute Gasteiger partial charge is 0.481 e. The summed E-state index contributed by atoms with van der Waals surface area (Å²) in [5, 5.41) is 11.2. The Morgan fingerprint density at radius 3 is 2.60 bits per heavy atom. The summed E-state index contributed by atoms with van der Waals surface area (Å²) in [5.41, 5.74) is 0. The molecule has 0 bridgehead atoms. The average molecular weight is 217 g/mol. The lowest BCUT2D eigenvalue weighted by molar-refractivity contribution is -0.141. The van der Waals surface area contributed by atoms with Crippen molar-refractivity contribution in [2.75, 3.05) is 20.3 Å². The number of carbonyl (C=O) groups is 2. The van der Waals surface area contributed by atoms with Crippen molar-refractivity contribution < 1.29 is 19.4 Å². The van der Waals surface area contributed by atoms with Gasteiger partial charge >= 0.3 is 5.97 Å². The minimum Gasteiger partial charge on any atom is -0.481 e. The van der Waals surface area contributed by atoms with E-state index in [1.54, 1.807) is 14.0 Å². The zero-order valence-electron chi connectivity index (χ0n) is 9.28. The smallest absolute Gasteiger partial charge is 0.308 e. The second-order valence-corrected chi connectivity index (χ2v) is 3.49. The van der Waals surface area contributed by atoms with E-state index in [9.17, 15) is 9.59 Å². The third kappa shape index (κ3) is 7.93. The summed E-state index contributed by atoms with van der Waals surface area (Å²) in [6.07, 6.45) is 2.04. The minimum absolute atomic E-state index is 0.0980. The van der Waals surface area contributed by atoms with Crippen LogP contribution >= 0.6 is 0 Å². The quantitative estimate of drug-likeness (QED) is 0.585. The molecule has 88 valence electrons. The third-order valence-electron chi connectivity index (χ3n) is 2.03. The Bertz CT molecular complexity index is 206. The first kappa shape index (κ1) is 13.9. The van der Waals surface area contributed by atoms with E-state index >= 15 is 0 Å². The molecule has 2 N–H and O–H groups in total. The van der Waals surface area contributed by atoms with Crippen LogP contribution in [-0.2, 0) is 14.3 Å². The molecule has 0 fully saturated rings. The molecule has 0 rings (SSSR count). The number of amides is 1. The summed E-state index contributed by atoms with van der Waals surface area (Å²) in [5.74, 6) is -1.53. The Morgan fingerprint density at radius 1 is 1.40 bits per heavy atom. The molecule has 0 aromatic carbocycles. The fourth-order valence-electron chi connectivity index (χ4n) is 0.975. The molecule has 0 radical (unpaired) electrons. The lowest BCUT2D eigenvalue weighted by Crippen LogP contribution is -2.31. The van der Waals surface area contributed by atoms with Gasteiger partial charge in [-0.3, -0.25) is 9.59 Å². The number of rotatable bonds is 8. The number of aliphatic carboxylic acids is 1. The number of carboxylic acid groups (broad SMARTS) is 1. The molecule has 0 aromatic rings. The van der Waals surface area contributed by atoms with Crippen LogP contribution in [0.15, 0.2) is 0 Å². The van der Waals surface area contributed by atoms with Crippen LogP contribution in [-0.4, -0.2) is 37.2 Å². The second kappa shape index (κ2) is 8.23. The highest BCUT2D eigenvalue weighted by molar-refractivity contribution is 5.77. The van der Waals surface area contributed by atoms with E-state index in [1.807, 2.05) is 0 Å². The highest BCUT2D eigenvalue weighted by Gasteiger charge is 2.11. The number of nitrogens with one attached hydrogen (secondary N) is 1. The summed E-state index contributed by atoms with van der Waals surface area (Å²) in [7, 11) is 1.62. The van der Waals surface area contributed by atoms with Crippen molar-refractivity contribution in [2.45, 2.75) is 26.2 Å². The van der Waals surface area contributed by atoms with Crippen molar-refractivity contribution in [1.29, 1.82) is 0 Å². The van der Waals surface area contributed by atoms with Gasteiger partial charge in [0.15, 0.2) is 0 Å². The van der Waals surface area contributed by atoms with Crippen LogP contribution < -0.4 is 5.32 Å². The number of methoxy groups -OCH3 is 1. The maximum atomic E-state index is 11.2. The van der Waals surface area contributed by atoms with E-state index in [-0.39, 0.29) is 12.5 Å². The van der Waals surface area contributed by atoms with Crippen molar-refractivity contribution in [3.63, 3.8) is 0 Å². The lowest BCUT2D eigenvalue weighted by atomic mass is 10.2. The normalized spacial score (nSPS) is 12.1. The van der Waals surface area contributed by atoms with Gasteiger partial charge in [0, 0.05) is 26.7 Å². The standard InChI is InChI=1S/C10H19NO4/c1-8(10(13)14)7-11-9(12)5-3-4-6-15-2/h8H,3-7H2,1-2H3,(H,11,12)(H,13,14). The van der Waals surface area contributed by atoms with Gasteiger partial charge in [0.05, 0.1) is 5.92 Å². The van der Waals surface area contributed by atoms with Gasteiger partial charge in [-0.1, -0.05) is 6.92 Å². The zero-order chi connectivity index (χ0) is 11.7. The fourth-order valence-corrected chi connectivity index (χ4v) is 0.975. The molecule has 0 aliphatic rings. The Kier molecular flexibility index (Phi) is 7.62. The number of carbonyl (C=O) groups excluding carboxylic acids is 1. The zero-order valence-corrected chi connectivity index (χ0v) is 9.28.